The number of fused-ring (bicyclic) bond motifs is 1. The van der Waals surface area contributed by atoms with Gasteiger partial charge in [-0.3, -0.25) is 4.99 Å². The van der Waals surface area contributed by atoms with Crippen molar-refractivity contribution in [1.82, 2.24) is 10.3 Å². The molecule has 0 spiro atoms. The lowest BCUT2D eigenvalue weighted by Crippen LogP contribution is -2.46. The fraction of sp³-hybridized carbons (Fsp3) is 0.519. The molecule has 0 fully saturated rings. The van der Waals surface area contributed by atoms with E-state index in [1.165, 1.54) is 0 Å². The number of carbonyl (C=O) groups is 2. The molecule has 1 amide bonds. The first kappa shape index (κ1) is 27.8. The lowest BCUT2D eigenvalue weighted by Gasteiger charge is -2.23. The van der Waals surface area contributed by atoms with E-state index in [1.54, 1.807) is 32.5 Å². The van der Waals surface area contributed by atoms with Crippen LogP contribution in [0.2, 0.25) is 0 Å². The summed E-state index contributed by atoms with van der Waals surface area (Å²) in [6, 6.07) is 7.04. The first-order valence-electron chi connectivity index (χ1n) is 12.8. The van der Waals surface area contributed by atoms with E-state index in [1.807, 2.05) is 43.6 Å². The molecule has 0 radical (unpaired) electrons. The summed E-state index contributed by atoms with van der Waals surface area (Å²) in [7, 11) is 0. The number of aromatic amines is 1. The maximum Gasteiger partial charge on any atom is 0.408 e. The molecule has 204 valence electrons. The Morgan fingerprint density at radius 2 is 2.05 bits per heavy atom. The van der Waals surface area contributed by atoms with Crippen molar-refractivity contribution >= 4 is 52.3 Å². The standard InChI is InChI=1S/C27H36N6O4S/c1-16-23(38-15-33(16)13-19-12-29-17(2)31-24(19)28)14-36-25(34)22(32-26(35)37-27(3,4)5)10-18-11-30-21-9-7-6-8-20(18)21/h6-9,11-12,15-16,19,22-24,30H,10,13-14,28H2,1-5H3/p+1. The zero-order chi connectivity index (χ0) is 27.4. The van der Waals surface area contributed by atoms with E-state index in [2.05, 4.69) is 37.3 Å². The monoisotopic (exact) mass is 541 g/mol. The number of esters is 1. The number of nitrogens with two attached hydrogens (primary N) is 1. The van der Waals surface area contributed by atoms with Crippen LogP contribution in [0.25, 0.3) is 10.9 Å². The van der Waals surface area contributed by atoms with E-state index in [0.29, 0.717) is 12.4 Å². The summed E-state index contributed by atoms with van der Waals surface area (Å²) in [5.41, 5.74) is 9.42. The third-order valence-corrected chi connectivity index (χ3v) is 7.82. The average molecular weight is 542 g/mol. The highest BCUT2D eigenvalue weighted by atomic mass is 32.2. The number of carbonyl (C=O) groups excluding carboxylic acids is 2. The summed E-state index contributed by atoms with van der Waals surface area (Å²) < 4.78 is 13.4. The van der Waals surface area contributed by atoms with Crippen LogP contribution in [0.3, 0.4) is 0 Å². The summed E-state index contributed by atoms with van der Waals surface area (Å²) >= 11 is 1.62. The Hall–Kier alpha value is -3.18. The topological polar surface area (TPSA) is 134 Å². The van der Waals surface area contributed by atoms with Gasteiger partial charge in [-0.2, -0.15) is 0 Å². The van der Waals surface area contributed by atoms with Crippen LogP contribution in [0.4, 0.5) is 4.79 Å². The largest absolute Gasteiger partial charge is 0.463 e. The van der Waals surface area contributed by atoms with Gasteiger partial charge in [0.1, 0.15) is 35.5 Å². The lowest BCUT2D eigenvalue weighted by molar-refractivity contribution is -0.556. The van der Waals surface area contributed by atoms with Crippen LogP contribution in [-0.4, -0.2) is 81.5 Å². The van der Waals surface area contributed by atoms with Gasteiger partial charge < -0.3 is 25.5 Å². The number of thioether (sulfide) groups is 1. The van der Waals surface area contributed by atoms with Crippen LogP contribution in [0.5, 0.6) is 0 Å². The van der Waals surface area contributed by atoms with Gasteiger partial charge in [0.15, 0.2) is 18.1 Å². The summed E-state index contributed by atoms with van der Waals surface area (Å²) in [4.78, 5) is 37.7. The number of amidine groups is 1. The molecule has 11 heteroatoms. The van der Waals surface area contributed by atoms with Gasteiger partial charge in [0.05, 0.1) is 5.92 Å². The second kappa shape index (κ2) is 11.7. The van der Waals surface area contributed by atoms with Crippen LogP contribution in [0, 0.1) is 5.92 Å². The molecular weight excluding hydrogens is 504 g/mol. The number of rotatable bonds is 8. The third kappa shape index (κ3) is 7.02. The van der Waals surface area contributed by atoms with E-state index in [9.17, 15) is 9.59 Å². The molecule has 0 saturated carbocycles. The molecular formula is C27H37N6O4S+. The Bertz CT molecular complexity index is 1260. The summed E-state index contributed by atoms with van der Waals surface area (Å²) in [6.07, 6.45) is 3.01. The van der Waals surface area contributed by atoms with Gasteiger partial charge in [-0.05, 0) is 46.2 Å². The fourth-order valence-corrected chi connectivity index (χ4v) is 5.55. The van der Waals surface area contributed by atoms with E-state index < -0.39 is 23.7 Å². The Morgan fingerprint density at radius 3 is 2.79 bits per heavy atom. The molecule has 2 aliphatic heterocycles. The van der Waals surface area contributed by atoms with Crippen molar-refractivity contribution in [2.45, 2.75) is 70.1 Å². The zero-order valence-corrected chi connectivity index (χ0v) is 23.3. The number of aromatic nitrogens is 1. The number of hydrogen-bond acceptors (Lipinski definition) is 8. The SMILES string of the molecule is CC1=NC(N)C(C[N+]2=CSC(COC(=O)C(Cc3c[nH]c4ccccc34)NC(=O)OC(C)(C)C)C2C)C=N1. The van der Waals surface area contributed by atoms with Crippen LogP contribution in [0.1, 0.15) is 40.2 Å². The van der Waals surface area contributed by atoms with Gasteiger partial charge in [-0.1, -0.05) is 30.0 Å². The van der Waals surface area contributed by atoms with Gasteiger partial charge in [-0.25, -0.2) is 19.2 Å². The summed E-state index contributed by atoms with van der Waals surface area (Å²) in [5, 5.41) is 3.75. The number of amides is 1. The predicted molar refractivity (Wildman–Crippen MR) is 151 cm³/mol. The van der Waals surface area contributed by atoms with Crippen LogP contribution in [-0.2, 0) is 20.7 Å². The minimum absolute atomic E-state index is 0.0119. The van der Waals surface area contributed by atoms with Crippen LogP contribution >= 0.6 is 11.8 Å². The first-order valence-corrected chi connectivity index (χ1v) is 13.7. The van der Waals surface area contributed by atoms with Crippen molar-refractivity contribution in [2.75, 3.05) is 13.2 Å². The van der Waals surface area contributed by atoms with E-state index in [4.69, 9.17) is 15.2 Å². The number of para-hydroxylation sites is 1. The third-order valence-electron chi connectivity index (χ3n) is 6.55. The number of ether oxygens (including phenoxy) is 2. The fourth-order valence-electron chi connectivity index (χ4n) is 4.43. The second-order valence-electron chi connectivity index (χ2n) is 10.7. The van der Waals surface area contributed by atoms with Crippen molar-refractivity contribution in [3.63, 3.8) is 0 Å². The number of benzene rings is 1. The Labute approximate surface area is 227 Å². The highest BCUT2D eigenvalue weighted by molar-refractivity contribution is 8.12. The number of alkyl carbamates (subject to hydrolysis) is 1. The van der Waals surface area contributed by atoms with E-state index in [0.717, 1.165) is 16.5 Å². The molecule has 0 aliphatic carbocycles. The Kier molecular flexibility index (Phi) is 8.57. The Balaban J connectivity index is 1.38. The highest BCUT2D eigenvalue weighted by Crippen LogP contribution is 2.24. The maximum absolute atomic E-state index is 13.3. The normalized spacial score (nSPS) is 24.1. The van der Waals surface area contributed by atoms with Crippen molar-refractivity contribution in [3.05, 3.63) is 36.0 Å². The predicted octanol–water partition coefficient (Wildman–Crippen LogP) is 3.10. The minimum atomic E-state index is -0.900. The van der Waals surface area contributed by atoms with Gasteiger partial charge in [-0.15, -0.1) is 0 Å². The smallest absolute Gasteiger partial charge is 0.408 e. The lowest BCUT2D eigenvalue weighted by atomic mass is 10.0. The summed E-state index contributed by atoms with van der Waals surface area (Å²) in [6.45, 7) is 10.2. The zero-order valence-electron chi connectivity index (χ0n) is 22.5. The van der Waals surface area contributed by atoms with Crippen molar-refractivity contribution < 1.29 is 23.6 Å². The average Bonchev–Trinajstić information content (AvgIpc) is 3.41. The molecule has 5 unspecified atom stereocenters. The van der Waals surface area contributed by atoms with Gasteiger partial charge in [0, 0.05) is 29.7 Å². The molecule has 4 N–H and O–H groups in total. The second-order valence-corrected chi connectivity index (χ2v) is 11.8. The molecule has 2 aromatic rings. The quantitative estimate of drug-likeness (QED) is 0.347. The molecule has 4 rings (SSSR count). The van der Waals surface area contributed by atoms with Gasteiger partial charge >= 0.3 is 12.1 Å². The molecule has 38 heavy (non-hydrogen) atoms. The van der Waals surface area contributed by atoms with E-state index in [-0.39, 0.29) is 36.4 Å². The first-order chi connectivity index (χ1) is 18.0. The van der Waals surface area contributed by atoms with Crippen LogP contribution < -0.4 is 11.1 Å². The number of hydrogen-bond donors (Lipinski definition) is 3. The number of nitrogens with one attached hydrogen (secondary N) is 2. The molecule has 1 aromatic heterocycles. The Morgan fingerprint density at radius 1 is 1.29 bits per heavy atom. The number of nitrogens with zero attached hydrogens (tertiary/aromatic N) is 3. The van der Waals surface area contributed by atoms with Crippen molar-refractivity contribution in [1.29, 1.82) is 0 Å². The minimum Gasteiger partial charge on any atom is -0.463 e. The molecule has 3 heterocycles. The van der Waals surface area contributed by atoms with E-state index >= 15 is 0 Å². The van der Waals surface area contributed by atoms with Gasteiger partial charge in [0.25, 0.3) is 0 Å². The molecule has 0 bridgehead atoms. The van der Waals surface area contributed by atoms with Crippen molar-refractivity contribution in [3.8, 4) is 0 Å². The van der Waals surface area contributed by atoms with Crippen molar-refractivity contribution in [2.24, 2.45) is 21.6 Å². The molecule has 5 atom stereocenters. The van der Waals surface area contributed by atoms with Gasteiger partial charge in [0.2, 0.25) is 0 Å². The maximum atomic E-state index is 13.3. The molecule has 2 aliphatic rings. The number of aliphatic imine (C=N–C) groups is 2. The summed E-state index contributed by atoms with van der Waals surface area (Å²) in [5.74, 6) is 0.199. The molecule has 10 nitrogen and oxygen atoms in total. The molecule has 1 aromatic carbocycles. The van der Waals surface area contributed by atoms with Crippen LogP contribution in [0.15, 0.2) is 40.4 Å². The highest BCUT2D eigenvalue weighted by Gasteiger charge is 2.38. The number of H-pyrrole nitrogens is 1. The molecule has 0 saturated heterocycles.